The van der Waals surface area contributed by atoms with Gasteiger partial charge in [-0.25, -0.2) is 4.68 Å². The molecule has 6 heteroatoms. The normalized spacial score (nSPS) is 23.9. The van der Waals surface area contributed by atoms with E-state index in [0.29, 0.717) is 12.0 Å². The minimum absolute atomic E-state index is 0.468. The minimum atomic E-state index is 0.468. The number of aryl methyl sites for hydroxylation is 1. The largest absolute Gasteiger partial charge is 0.328 e. The first-order valence-electron chi connectivity index (χ1n) is 9.03. The molecule has 22 heavy (non-hydrogen) atoms. The zero-order valence-corrected chi connectivity index (χ0v) is 14.8. The molecule has 1 aliphatic heterocycles. The Kier molecular flexibility index (Phi) is 6.76. The lowest BCUT2D eigenvalue weighted by Gasteiger charge is -2.32. The first-order chi connectivity index (χ1) is 10.6. The van der Waals surface area contributed by atoms with E-state index in [9.17, 15) is 0 Å². The van der Waals surface area contributed by atoms with Gasteiger partial charge in [-0.3, -0.25) is 0 Å². The van der Waals surface area contributed by atoms with Crippen molar-refractivity contribution in [3.8, 4) is 0 Å². The van der Waals surface area contributed by atoms with Gasteiger partial charge in [0.05, 0.1) is 7.05 Å². The van der Waals surface area contributed by atoms with E-state index in [2.05, 4.69) is 48.0 Å². The highest BCUT2D eigenvalue weighted by Crippen LogP contribution is 2.15. The molecule has 6 nitrogen and oxygen atoms in total. The molecule has 1 atom stereocenters. The number of likely N-dealkylation sites (N-methyl/N-ethyl adjacent to an activating group) is 1. The number of aromatic nitrogens is 4. The van der Waals surface area contributed by atoms with Crippen molar-refractivity contribution in [1.82, 2.24) is 20.2 Å². The van der Waals surface area contributed by atoms with Crippen molar-refractivity contribution in [2.24, 2.45) is 5.92 Å². The number of piperazine rings is 1. The molecule has 1 aromatic rings. The van der Waals surface area contributed by atoms with E-state index in [1.54, 1.807) is 9.80 Å². The van der Waals surface area contributed by atoms with E-state index in [1.807, 2.05) is 0 Å². The second kappa shape index (κ2) is 8.58. The van der Waals surface area contributed by atoms with Gasteiger partial charge in [0, 0.05) is 13.0 Å². The topological polar surface area (TPSA) is 52.5 Å². The zero-order valence-electron chi connectivity index (χ0n) is 14.8. The third-order valence-electron chi connectivity index (χ3n) is 4.87. The van der Waals surface area contributed by atoms with Crippen LogP contribution in [0.5, 0.6) is 0 Å². The molecule has 126 valence electrons. The number of unbranched alkanes of at least 4 members (excludes halogenated alkanes) is 1. The van der Waals surface area contributed by atoms with Crippen LogP contribution >= 0.6 is 0 Å². The average molecular weight is 310 g/mol. The lowest BCUT2D eigenvalue weighted by molar-refractivity contribution is -1.02. The molecular weight excluding hydrogens is 276 g/mol. The molecule has 1 aliphatic rings. The molecule has 0 radical (unpaired) electrons. The second-order valence-electron chi connectivity index (χ2n) is 7.25. The Balaban J connectivity index is 2.09. The maximum Gasteiger partial charge on any atom is 0.209 e. The predicted molar refractivity (Wildman–Crippen MR) is 86.9 cm³/mol. The van der Waals surface area contributed by atoms with Crippen LogP contribution < -0.4 is 9.80 Å². The third kappa shape index (κ3) is 4.74. The van der Waals surface area contributed by atoms with E-state index < -0.39 is 0 Å². The van der Waals surface area contributed by atoms with Crippen molar-refractivity contribution in [3.63, 3.8) is 0 Å². The van der Waals surface area contributed by atoms with Crippen LogP contribution in [0.3, 0.4) is 0 Å². The van der Waals surface area contributed by atoms with Crippen LogP contribution in [0, 0.1) is 5.92 Å². The van der Waals surface area contributed by atoms with E-state index in [-0.39, 0.29) is 0 Å². The monoisotopic (exact) mass is 310 g/mol. The number of rotatable bonds is 8. The van der Waals surface area contributed by atoms with E-state index in [4.69, 9.17) is 0 Å². The highest BCUT2D eigenvalue weighted by atomic mass is 15.5. The molecule has 2 rings (SSSR count). The Morgan fingerprint density at radius 2 is 1.86 bits per heavy atom. The number of nitrogens with one attached hydrogen (secondary N) is 2. The Morgan fingerprint density at radius 1 is 1.14 bits per heavy atom. The smallest absolute Gasteiger partial charge is 0.209 e. The van der Waals surface area contributed by atoms with Crippen LogP contribution in [0.15, 0.2) is 0 Å². The van der Waals surface area contributed by atoms with Crippen LogP contribution in [0.4, 0.5) is 0 Å². The van der Waals surface area contributed by atoms with Crippen LogP contribution in [0.25, 0.3) is 0 Å². The summed E-state index contributed by atoms with van der Waals surface area (Å²) in [4.78, 5) is 3.33. The van der Waals surface area contributed by atoms with Gasteiger partial charge in [0.1, 0.15) is 32.2 Å². The minimum Gasteiger partial charge on any atom is -0.328 e. The molecule has 2 N–H and O–H groups in total. The first kappa shape index (κ1) is 17.3. The molecule has 0 aromatic carbocycles. The fourth-order valence-corrected chi connectivity index (χ4v) is 3.27. The molecular formula is C16H34N6+2. The summed E-state index contributed by atoms with van der Waals surface area (Å²) in [7, 11) is 2.30. The summed E-state index contributed by atoms with van der Waals surface area (Å²) >= 11 is 0. The number of nitrogens with zero attached hydrogens (tertiary/aromatic N) is 4. The van der Waals surface area contributed by atoms with Gasteiger partial charge in [0.2, 0.25) is 5.82 Å². The summed E-state index contributed by atoms with van der Waals surface area (Å²) in [6, 6.07) is 0.468. The molecule has 1 aromatic heterocycles. The molecule has 0 saturated carbocycles. The Hall–Kier alpha value is -1.01. The number of hydrogen-bond acceptors (Lipinski definition) is 3. The van der Waals surface area contributed by atoms with Gasteiger partial charge in [-0.1, -0.05) is 27.2 Å². The van der Waals surface area contributed by atoms with Crippen molar-refractivity contribution in [1.29, 1.82) is 0 Å². The fraction of sp³-hybridized carbons (Fsp3) is 0.938. The lowest BCUT2D eigenvalue weighted by atomic mass is 10.1. The Labute approximate surface area is 134 Å². The summed E-state index contributed by atoms with van der Waals surface area (Å²) < 4.78 is 2.07. The van der Waals surface area contributed by atoms with Crippen LogP contribution in [0.1, 0.15) is 58.3 Å². The average Bonchev–Trinajstić information content (AvgIpc) is 2.95. The SMILES string of the molecule is CCCC[C@@H](c1nnnn1CCC(C)C)[NH+]1CC[NH+](C)CC1. The zero-order chi connectivity index (χ0) is 15.9. The van der Waals surface area contributed by atoms with Crippen molar-refractivity contribution < 1.29 is 9.80 Å². The molecule has 0 aliphatic carbocycles. The summed E-state index contributed by atoms with van der Waals surface area (Å²) in [5.41, 5.74) is 0. The van der Waals surface area contributed by atoms with Crippen molar-refractivity contribution in [2.75, 3.05) is 33.2 Å². The maximum atomic E-state index is 4.42. The summed E-state index contributed by atoms with van der Waals surface area (Å²) in [6.07, 6.45) is 4.84. The van der Waals surface area contributed by atoms with E-state index >= 15 is 0 Å². The molecule has 0 spiro atoms. The summed E-state index contributed by atoms with van der Waals surface area (Å²) in [5, 5.41) is 12.7. The first-order valence-corrected chi connectivity index (χ1v) is 9.03. The standard InChI is InChI=1S/C16H32N6/c1-5-6-7-15(21-12-10-20(4)11-13-21)16-17-18-19-22(16)9-8-14(2)3/h14-15H,5-13H2,1-4H3/p+2/t15-/m0/s1. The van der Waals surface area contributed by atoms with Gasteiger partial charge < -0.3 is 9.80 Å². The van der Waals surface area contributed by atoms with Crippen LogP contribution in [0.2, 0.25) is 0 Å². The van der Waals surface area contributed by atoms with Crippen LogP contribution in [-0.4, -0.2) is 53.4 Å². The highest BCUT2D eigenvalue weighted by Gasteiger charge is 2.32. The molecule has 0 unspecified atom stereocenters. The fourth-order valence-electron chi connectivity index (χ4n) is 3.27. The van der Waals surface area contributed by atoms with E-state index in [0.717, 1.165) is 18.8 Å². The number of quaternary nitrogens is 2. The molecule has 1 fully saturated rings. The molecule has 0 bridgehead atoms. The number of hydrogen-bond donors (Lipinski definition) is 2. The molecule has 1 saturated heterocycles. The Morgan fingerprint density at radius 3 is 2.50 bits per heavy atom. The van der Waals surface area contributed by atoms with Gasteiger partial charge >= 0.3 is 0 Å². The van der Waals surface area contributed by atoms with Crippen molar-refractivity contribution >= 4 is 0 Å². The predicted octanol–water partition coefficient (Wildman–Crippen LogP) is -0.636. The summed E-state index contributed by atoms with van der Waals surface area (Å²) in [6.45, 7) is 12.7. The molecule has 2 heterocycles. The van der Waals surface area contributed by atoms with Crippen molar-refractivity contribution in [2.45, 2.75) is 59.0 Å². The van der Waals surface area contributed by atoms with Gasteiger partial charge in [0.15, 0.2) is 0 Å². The van der Waals surface area contributed by atoms with Crippen LogP contribution in [-0.2, 0) is 6.54 Å². The Bertz CT molecular complexity index is 422. The lowest BCUT2D eigenvalue weighted by Crippen LogP contribution is -3.27. The van der Waals surface area contributed by atoms with E-state index in [1.165, 1.54) is 45.4 Å². The quantitative estimate of drug-likeness (QED) is 0.672. The van der Waals surface area contributed by atoms with Gasteiger partial charge in [-0.2, -0.15) is 0 Å². The summed E-state index contributed by atoms with van der Waals surface area (Å²) in [5.74, 6) is 1.80. The van der Waals surface area contributed by atoms with Gasteiger partial charge in [-0.05, 0) is 29.2 Å². The van der Waals surface area contributed by atoms with Crippen molar-refractivity contribution in [3.05, 3.63) is 5.82 Å². The molecule has 0 amide bonds. The van der Waals surface area contributed by atoms with Gasteiger partial charge in [0.25, 0.3) is 0 Å². The second-order valence-corrected chi connectivity index (χ2v) is 7.25. The highest BCUT2D eigenvalue weighted by molar-refractivity contribution is 4.87. The third-order valence-corrected chi connectivity index (χ3v) is 4.87. The van der Waals surface area contributed by atoms with Gasteiger partial charge in [-0.15, -0.1) is 5.10 Å². The number of tetrazole rings is 1. The maximum absolute atomic E-state index is 4.42.